The fourth-order valence-electron chi connectivity index (χ4n) is 5.56. The number of fused-ring (bicyclic) bond motifs is 1. The molecular weight excluding hydrogens is 468 g/mol. The van der Waals surface area contributed by atoms with Gasteiger partial charge in [-0.15, -0.1) is 0 Å². The number of nitrogens with one attached hydrogen (secondary N) is 1. The van der Waals surface area contributed by atoms with Crippen LogP contribution in [0.5, 0.6) is 5.88 Å². The highest BCUT2D eigenvalue weighted by molar-refractivity contribution is 5.81. The zero-order valence-corrected chi connectivity index (χ0v) is 22.4. The molecular formula is C29H40N4O4. The highest BCUT2D eigenvalue weighted by Crippen LogP contribution is 2.31. The molecule has 1 amide bonds. The number of carbonyl (C=O) groups excluding carboxylic acids is 2. The fraction of sp³-hybridized carbons (Fsp3) is 0.586. The highest BCUT2D eigenvalue weighted by Gasteiger charge is 2.36. The number of likely N-dealkylation sites (tertiary alicyclic amines) is 1. The van der Waals surface area contributed by atoms with E-state index in [1.807, 2.05) is 24.0 Å². The number of nitrogens with zero attached hydrogens (tertiary/aromatic N) is 3. The maximum Gasteiger partial charge on any atom is 0.306 e. The van der Waals surface area contributed by atoms with Gasteiger partial charge in [0.2, 0.25) is 11.8 Å². The van der Waals surface area contributed by atoms with Crippen LogP contribution in [0.25, 0.3) is 0 Å². The topological polar surface area (TPSA) is 93.7 Å². The number of anilines is 1. The van der Waals surface area contributed by atoms with Crippen molar-refractivity contribution in [3.63, 3.8) is 0 Å². The van der Waals surface area contributed by atoms with E-state index >= 15 is 0 Å². The SMILES string of the molecule is CCOC(=O)CC(CCCN1C(=O)C(CCc2ccc3c(n2)NCCC3)CC1C)c1ccc(OC)nc1. The molecule has 0 radical (unpaired) electrons. The van der Waals surface area contributed by atoms with Gasteiger partial charge in [0.1, 0.15) is 5.82 Å². The Bertz CT molecular complexity index is 1060. The maximum absolute atomic E-state index is 13.2. The molecule has 200 valence electrons. The van der Waals surface area contributed by atoms with Crippen LogP contribution in [0.1, 0.15) is 75.1 Å². The number of amides is 1. The first-order valence-electron chi connectivity index (χ1n) is 13.7. The summed E-state index contributed by atoms with van der Waals surface area (Å²) in [4.78, 5) is 36.6. The quantitative estimate of drug-likeness (QED) is 0.421. The summed E-state index contributed by atoms with van der Waals surface area (Å²) < 4.78 is 10.4. The molecule has 2 aliphatic rings. The summed E-state index contributed by atoms with van der Waals surface area (Å²) in [6, 6.07) is 8.30. The van der Waals surface area contributed by atoms with Gasteiger partial charge in [-0.2, -0.15) is 0 Å². The number of methoxy groups -OCH3 is 1. The molecule has 2 aromatic rings. The normalized spacial score (nSPS) is 19.8. The second-order valence-electron chi connectivity index (χ2n) is 10.2. The van der Waals surface area contributed by atoms with Crippen molar-refractivity contribution in [1.82, 2.24) is 14.9 Å². The maximum atomic E-state index is 13.2. The van der Waals surface area contributed by atoms with E-state index in [1.165, 1.54) is 5.56 Å². The molecule has 1 saturated heterocycles. The Hall–Kier alpha value is -3.16. The monoisotopic (exact) mass is 508 g/mol. The molecule has 4 rings (SSSR count). The van der Waals surface area contributed by atoms with Gasteiger partial charge in [-0.1, -0.05) is 12.1 Å². The van der Waals surface area contributed by atoms with Crippen molar-refractivity contribution in [3.05, 3.63) is 47.3 Å². The minimum absolute atomic E-state index is 0.00930. The van der Waals surface area contributed by atoms with Gasteiger partial charge in [0.15, 0.2) is 0 Å². The average Bonchev–Trinajstić information content (AvgIpc) is 3.19. The Labute approximate surface area is 220 Å². The zero-order valence-electron chi connectivity index (χ0n) is 22.4. The van der Waals surface area contributed by atoms with Crippen LogP contribution < -0.4 is 10.1 Å². The molecule has 0 aromatic carbocycles. The fourth-order valence-corrected chi connectivity index (χ4v) is 5.56. The van der Waals surface area contributed by atoms with Crippen LogP contribution in [0.3, 0.4) is 0 Å². The number of hydrogen-bond acceptors (Lipinski definition) is 7. The highest BCUT2D eigenvalue weighted by atomic mass is 16.5. The molecule has 0 aliphatic carbocycles. The van der Waals surface area contributed by atoms with E-state index < -0.39 is 0 Å². The number of aryl methyl sites for hydroxylation is 2. The van der Waals surface area contributed by atoms with Gasteiger partial charge in [-0.25, -0.2) is 9.97 Å². The van der Waals surface area contributed by atoms with Crippen molar-refractivity contribution >= 4 is 17.7 Å². The second-order valence-corrected chi connectivity index (χ2v) is 10.2. The molecule has 8 heteroatoms. The van der Waals surface area contributed by atoms with Gasteiger partial charge in [-0.3, -0.25) is 9.59 Å². The molecule has 1 fully saturated rings. The third-order valence-corrected chi connectivity index (χ3v) is 7.60. The molecule has 4 heterocycles. The molecule has 37 heavy (non-hydrogen) atoms. The van der Waals surface area contributed by atoms with Crippen LogP contribution in [-0.4, -0.2) is 59.6 Å². The van der Waals surface area contributed by atoms with Crippen molar-refractivity contribution < 1.29 is 19.1 Å². The molecule has 0 saturated carbocycles. The zero-order chi connectivity index (χ0) is 26.2. The Kier molecular flexibility index (Phi) is 9.36. The van der Waals surface area contributed by atoms with Gasteiger partial charge in [0.05, 0.1) is 20.1 Å². The van der Waals surface area contributed by atoms with E-state index in [1.54, 1.807) is 13.3 Å². The minimum atomic E-state index is -0.208. The lowest BCUT2D eigenvalue weighted by Crippen LogP contribution is -2.33. The van der Waals surface area contributed by atoms with Gasteiger partial charge in [0.25, 0.3) is 0 Å². The lowest BCUT2D eigenvalue weighted by atomic mass is 9.92. The Balaban J connectivity index is 1.30. The van der Waals surface area contributed by atoms with E-state index in [0.717, 1.165) is 68.6 Å². The summed E-state index contributed by atoms with van der Waals surface area (Å²) in [6.45, 7) is 6.00. The molecule has 3 atom stereocenters. The summed E-state index contributed by atoms with van der Waals surface area (Å²) in [5.74, 6) is 1.63. The molecule has 3 unspecified atom stereocenters. The van der Waals surface area contributed by atoms with Crippen molar-refractivity contribution in [2.24, 2.45) is 5.92 Å². The van der Waals surface area contributed by atoms with E-state index in [0.29, 0.717) is 25.5 Å². The standard InChI is InChI=1S/C29H40N4O4/c1-4-37-27(34)18-22(24-11-14-26(36-3)31-19-24)8-6-16-33-20(2)17-23(29(33)35)10-13-25-12-9-21-7-5-15-30-28(21)32-25/h9,11-12,14,19-20,22-23H,4-8,10,13,15-18H2,1-3H3,(H,30,32). The Morgan fingerprint density at radius 1 is 1.27 bits per heavy atom. The lowest BCUT2D eigenvalue weighted by molar-refractivity contribution is -0.143. The average molecular weight is 509 g/mol. The number of carbonyl (C=O) groups is 2. The number of hydrogen-bond donors (Lipinski definition) is 1. The summed E-state index contributed by atoms with van der Waals surface area (Å²) in [5.41, 5.74) is 3.33. The predicted molar refractivity (Wildman–Crippen MR) is 143 cm³/mol. The van der Waals surface area contributed by atoms with E-state index in [2.05, 4.69) is 29.4 Å². The molecule has 1 N–H and O–H groups in total. The summed E-state index contributed by atoms with van der Waals surface area (Å²) in [7, 11) is 1.58. The first kappa shape index (κ1) is 26.9. The van der Waals surface area contributed by atoms with Crippen LogP contribution in [-0.2, 0) is 27.2 Å². The number of aromatic nitrogens is 2. The smallest absolute Gasteiger partial charge is 0.306 e. The summed E-state index contributed by atoms with van der Waals surface area (Å²) in [6.07, 6.45) is 8.43. The molecule has 0 bridgehead atoms. The molecule has 2 aromatic heterocycles. The van der Waals surface area contributed by atoms with Crippen molar-refractivity contribution in [2.45, 2.75) is 77.2 Å². The van der Waals surface area contributed by atoms with Gasteiger partial charge in [0, 0.05) is 43.0 Å². The van der Waals surface area contributed by atoms with E-state index in [-0.39, 0.29) is 29.8 Å². The van der Waals surface area contributed by atoms with Gasteiger partial charge in [-0.05, 0) is 81.9 Å². The van der Waals surface area contributed by atoms with E-state index in [4.69, 9.17) is 14.5 Å². The summed E-state index contributed by atoms with van der Waals surface area (Å²) in [5, 5.41) is 3.40. The second kappa shape index (κ2) is 12.9. The van der Waals surface area contributed by atoms with Gasteiger partial charge >= 0.3 is 5.97 Å². The number of ether oxygens (including phenoxy) is 2. The Morgan fingerprint density at radius 3 is 2.89 bits per heavy atom. The first-order chi connectivity index (χ1) is 18.0. The van der Waals surface area contributed by atoms with Crippen LogP contribution in [0.4, 0.5) is 5.82 Å². The summed E-state index contributed by atoms with van der Waals surface area (Å²) >= 11 is 0. The van der Waals surface area contributed by atoms with E-state index in [9.17, 15) is 9.59 Å². The third kappa shape index (κ3) is 6.99. The Morgan fingerprint density at radius 2 is 2.14 bits per heavy atom. The van der Waals surface area contributed by atoms with Crippen LogP contribution in [0, 0.1) is 5.92 Å². The molecule has 0 spiro atoms. The number of rotatable bonds is 12. The number of pyridine rings is 2. The van der Waals surface area contributed by atoms with Gasteiger partial charge < -0.3 is 19.7 Å². The van der Waals surface area contributed by atoms with Crippen LogP contribution in [0.15, 0.2) is 30.5 Å². The predicted octanol–water partition coefficient (Wildman–Crippen LogP) is 4.53. The number of esters is 1. The molecule has 2 aliphatic heterocycles. The first-order valence-corrected chi connectivity index (χ1v) is 13.7. The largest absolute Gasteiger partial charge is 0.481 e. The van der Waals surface area contributed by atoms with Crippen LogP contribution >= 0.6 is 0 Å². The van der Waals surface area contributed by atoms with Crippen molar-refractivity contribution in [2.75, 3.05) is 32.1 Å². The van der Waals surface area contributed by atoms with Crippen molar-refractivity contribution in [3.8, 4) is 5.88 Å². The lowest BCUT2D eigenvalue weighted by Gasteiger charge is -2.23. The van der Waals surface area contributed by atoms with Crippen LogP contribution in [0.2, 0.25) is 0 Å². The minimum Gasteiger partial charge on any atom is -0.481 e. The molecule has 8 nitrogen and oxygen atoms in total. The third-order valence-electron chi connectivity index (χ3n) is 7.60. The van der Waals surface area contributed by atoms with Crippen molar-refractivity contribution in [1.29, 1.82) is 0 Å².